The Bertz CT molecular complexity index is 2940. The maximum Gasteiger partial charge on any atom is 0.218 e. The summed E-state index contributed by atoms with van der Waals surface area (Å²) in [5.74, 6) is 0.610. The molecule has 9 rings (SSSR count). The normalized spacial score (nSPS) is 15.1. The molecule has 0 aliphatic carbocycles. The Kier molecular flexibility index (Phi) is 8.41. The number of para-hydroxylation sites is 2. The zero-order valence-corrected chi connectivity index (χ0v) is 33.9. The number of pyridine rings is 2. The molecule has 5 aromatic carbocycles. The maximum atomic E-state index is 7.54. The molecular weight excluding hydrogens is 864 g/mol. The van der Waals surface area contributed by atoms with Gasteiger partial charge in [0.2, 0.25) is 6.98 Å². The zero-order valence-electron chi connectivity index (χ0n) is 40.5. The van der Waals surface area contributed by atoms with E-state index in [0.29, 0.717) is 17.4 Å². The van der Waals surface area contributed by atoms with Crippen LogP contribution in [0.1, 0.15) is 79.7 Å². The molecule has 0 unspecified atom stereocenters. The van der Waals surface area contributed by atoms with Crippen LogP contribution in [0.3, 0.4) is 0 Å². The van der Waals surface area contributed by atoms with Crippen molar-refractivity contribution in [3.63, 3.8) is 0 Å². The summed E-state index contributed by atoms with van der Waals surface area (Å²) in [7, 11) is 0. The van der Waals surface area contributed by atoms with Crippen LogP contribution in [-0.2, 0) is 20.1 Å². The molecule has 5 nitrogen and oxygen atoms in total. The second-order valence-corrected chi connectivity index (χ2v) is 14.3. The first-order valence-electron chi connectivity index (χ1n) is 22.9. The summed E-state index contributed by atoms with van der Waals surface area (Å²) in [5, 5.41) is 7.45. The number of hydrogen-bond donors (Lipinski definition) is 0. The van der Waals surface area contributed by atoms with Crippen LogP contribution < -0.4 is 10.4 Å². The van der Waals surface area contributed by atoms with E-state index in [-0.39, 0.29) is 49.5 Å². The molecule has 56 heavy (non-hydrogen) atoms. The fraction of sp³-hybridized carbons (Fsp3) is 0.184. The molecule has 3 aromatic heterocycles. The van der Waals surface area contributed by atoms with Crippen LogP contribution in [-0.4, -0.2) is 17.0 Å². The van der Waals surface area contributed by atoms with Gasteiger partial charge in [-0.05, 0) is 89.4 Å². The van der Waals surface area contributed by atoms with Crippen molar-refractivity contribution < 1.29 is 36.9 Å². The number of furan rings is 1. The number of aromatic nitrogens is 2. The third-order valence-corrected chi connectivity index (χ3v) is 9.97. The predicted octanol–water partition coefficient (Wildman–Crippen LogP) is 12.9. The van der Waals surface area contributed by atoms with Crippen LogP contribution in [0, 0.1) is 26.6 Å². The first-order valence-corrected chi connectivity index (χ1v) is 18.4. The molecule has 1 radical (unpaired) electrons. The van der Waals surface area contributed by atoms with Crippen molar-refractivity contribution in [2.75, 3.05) is 4.81 Å². The minimum Gasteiger partial charge on any atom is -0.681 e. The Morgan fingerprint density at radius 1 is 0.732 bits per heavy atom. The molecule has 0 fully saturated rings. The number of rotatable bonds is 6. The van der Waals surface area contributed by atoms with Crippen molar-refractivity contribution in [3.8, 4) is 22.4 Å². The molecule has 0 saturated carbocycles. The van der Waals surface area contributed by atoms with Crippen molar-refractivity contribution in [1.82, 2.24) is 9.97 Å². The molecule has 0 bridgehead atoms. The summed E-state index contributed by atoms with van der Waals surface area (Å²) in [5.41, 5.74) is 10.9. The van der Waals surface area contributed by atoms with Gasteiger partial charge in [0.05, 0.1) is 5.59 Å². The Hall–Kier alpha value is -5.49. The second-order valence-electron chi connectivity index (χ2n) is 14.3. The molecule has 0 N–H and O–H groups in total. The molecule has 0 amide bonds. The Morgan fingerprint density at radius 3 is 2.18 bits per heavy atom. The van der Waals surface area contributed by atoms with Gasteiger partial charge in [0.1, 0.15) is 11.2 Å². The third kappa shape index (κ3) is 7.42. The number of aryl methyl sites for hydroxylation is 3. The second kappa shape index (κ2) is 16.3. The van der Waals surface area contributed by atoms with E-state index >= 15 is 0 Å². The van der Waals surface area contributed by atoms with Crippen LogP contribution in [0.5, 0.6) is 0 Å². The van der Waals surface area contributed by atoms with Gasteiger partial charge in [0.25, 0.3) is 0 Å². The van der Waals surface area contributed by atoms with Crippen molar-refractivity contribution >= 4 is 51.6 Å². The summed E-state index contributed by atoms with van der Waals surface area (Å²) >= 11 is 0. The Balaban J connectivity index is 0.000000217. The van der Waals surface area contributed by atoms with Crippen LogP contribution >= 0.6 is 0 Å². The average molecular weight is 918 g/mol. The Morgan fingerprint density at radius 2 is 1.46 bits per heavy atom. The van der Waals surface area contributed by atoms with Gasteiger partial charge in [-0.3, -0.25) is 4.98 Å². The monoisotopic (exact) mass is 918 g/mol. The molecule has 7 heteroatoms. The van der Waals surface area contributed by atoms with E-state index in [9.17, 15) is 0 Å². The summed E-state index contributed by atoms with van der Waals surface area (Å²) < 4.78 is 73.4. The summed E-state index contributed by atoms with van der Waals surface area (Å²) in [6.45, 7) is 1.31. The molecule has 281 valence electrons. The van der Waals surface area contributed by atoms with Gasteiger partial charge in [-0.25, -0.2) is 0 Å². The van der Waals surface area contributed by atoms with Gasteiger partial charge in [0.15, 0.2) is 0 Å². The van der Waals surface area contributed by atoms with E-state index < -0.39 is 20.6 Å². The minimum absolute atomic E-state index is 0. The van der Waals surface area contributed by atoms with Crippen molar-refractivity contribution in [2.24, 2.45) is 0 Å². The van der Waals surface area contributed by atoms with Gasteiger partial charge < -0.3 is 19.4 Å². The van der Waals surface area contributed by atoms with Crippen LogP contribution in [0.2, 0.25) is 0 Å². The fourth-order valence-electron chi connectivity index (χ4n) is 7.20. The van der Waals surface area contributed by atoms with E-state index in [0.717, 1.165) is 45.1 Å². The van der Waals surface area contributed by atoms with Gasteiger partial charge in [0, 0.05) is 67.0 Å². The van der Waals surface area contributed by atoms with E-state index in [1.807, 2.05) is 24.4 Å². The largest absolute Gasteiger partial charge is 0.681 e. The van der Waals surface area contributed by atoms with E-state index in [2.05, 4.69) is 122 Å². The topological polar surface area (TPSA) is 56.3 Å². The number of hydrogen-bond acceptors (Lipinski definition) is 4. The third-order valence-electron chi connectivity index (χ3n) is 9.97. The molecule has 0 saturated heterocycles. The average Bonchev–Trinajstić information content (AvgIpc) is 3.84. The SMILES string of the molecule is CC(C)c1cc(-c2ccccc2)cc(C(C)C)c1N1B(c2nccc3c2oc2ccccc23)[N-]c2ccccc21.[2H]C([2H])([2H])c1c[c-]c(-c2cc(C([2H])([2H])[2H])c(C([2H])([2H])[2H])cn2)cc1.[Ir]. The van der Waals surface area contributed by atoms with Crippen LogP contribution in [0.15, 0.2) is 138 Å². The Labute approximate surface area is 357 Å². The number of fused-ring (bicyclic) bond motifs is 4. The number of nitrogens with zero attached hydrogens (tertiary/aromatic N) is 4. The zero-order chi connectivity index (χ0) is 45.7. The molecular formula is C49H45BIrN4O-2. The summed E-state index contributed by atoms with van der Waals surface area (Å²) in [6.07, 6.45) is 2.91. The van der Waals surface area contributed by atoms with Gasteiger partial charge in [-0.1, -0.05) is 113 Å². The molecule has 8 aromatic rings. The van der Waals surface area contributed by atoms with Gasteiger partial charge in [-0.2, -0.15) is 0 Å². The van der Waals surface area contributed by atoms with Crippen molar-refractivity contribution in [1.29, 1.82) is 0 Å². The van der Waals surface area contributed by atoms with E-state index in [4.69, 9.17) is 27.0 Å². The molecule has 4 heterocycles. The molecule has 1 aliphatic heterocycles. The van der Waals surface area contributed by atoms with Crippen molar-refractivity contribution in [2.45, 2.75) is 60.1 Å². The maximum absolute atomic E-state index is 7.54. The van der Waals surface area contributed by atoms with E-state index in [1.54, 1.807) is 0 Å². The summed E-state index contributed by atoms with van der Waals surface area (Å²) in [6, 6.07) is 42.2. The molecule has 1 aliphatic rings. The number of anilines is 2. The van der Waals surface area contributed by atoms with Crippen LogP contribution in [0.4, 0.5) is 17.1 Å². The first kappa shape index (κ1) is 28.9. The summed E-state index contributed by atoms with van der Waals surface area (Å²) in [4.78, 5) is 11.3. The molecule has 0 spiro atoms. The van der Waals surface area contributed by atoms with Gasteiger partial charge in [-0.15, -0.1) is 41.1 Å². The van der Waals surface area contributed by atoms with Crippen LogP contribution in [0.25, 0.3) is 49.6 Å². The smallest absolute Gasteiger partial charge is 0.218 e. The minimum atomic E-state index is -2.61. The first-order chi connectivity index (χ1) is 30.3. The number of benzene rings is 5. The van der Waals surface area contributed by atoms with Crippen molar-refractivity contribution in [3.05, 3.63) is 173 Å². The standard InChI is InChI=1S/C35H31BN3O.C14H14N.Ir/c1-22(2)28-20-25(24-12-6-5-7-13-24)21-29(23(3)4)33(28)39-31-16-10-9-15-30(31)38-36(39)35-34-27(18-19-37-35)26-14-8-11-17-32(26)40-34;1-10-4-6-13(7-5-10)14-8-11(2)12(3)9-15-14;/h5-23H,1-4H3;4-6,8-9H,1-3H3;/q2*-1;/i;1D3,2D3,3D3;. The predicted molar refractivity (Wildman–Crippen MR) is 231 cm³/mol. The van der Waals surface area contributed by atoms with E-state index in [1.165, 1.54) is 52.2 Å². The quantitative estimate of drug-likeness (QED) is 0.123. The van der Waals surface area contributed by atoms with Gasteiger partial charge >= 0.3 is 0 Å². The fourth-order valence-corrected chi connectivity index (χ4v) is 7.20. The molecule has 0 atom stereocenters.